The van der Waals surface area contributed by atoms with E-state index in [0.29, 0.717) is 17.1 Å². The Hall–Kier alpha value is -5.18. The second kappa shape index (κ2) is 20.3. The van der Waals surface area contributed by atoms with Crippen LogP contribution in [0.4, 0.5) is 0 Å². The van der Waals surface area contributed by atoms with Crippen molar-refractivity contribution < 1.29 is 37.9 Å². The van der Waals surface area contributed by atoms with Crippen molar-refractivity contribution in [1.82, 2.24) is 19.1 Å². The lowest BCUT2D eigenvalue weighted by molar-refractivity contribution is -0.201. The van der Waals surface area contributed by atoms with Gasteiger partial charge >= 0.3 is 5.69 Å². The van der Waals surface area contributed by atoms with Gasteiger partial charge in [-0.3, -0.25) is 23.7 Å². The normalized spacial score (nSPS) is 18.3. The van der Waals surface area contributed by atoms with Gasteiger partial charge in [0, 0.05) is 43.0 Å². The van der Waals surface area contributed by atoms with Gasteiger partial charge in [-0.15, -0.1) is 0 Å². The Morgan fingerprint density at radius 2 is 1.40 bits per heavy atom. The highest BCUT2D eigenvalue weighted by molar-refractivity contribution is 7.44. The number of likely N-dealkylation sites (N-methyl/N-ethyl adjacent to an activating group) is 1. The van der Waals surface area contributed by atoms with Gasteiger partial charge in [0.15, 0.2) is 0 Å². The Labute approximate surface area is 363 Å². The fraction of sp³-hybridized carbons (Fsp3) is 0.383. The van der Waals surface area contributed by atoms with Gasteiger partial charge in [0.2, 0.25) is 5.79 Å². The third-order valence-corrected chi connectivity index (χ3v) is 13.0. The summed E-state index contributed by atoms with van der Waals surface area (Å²) in [6.45, 7) is 9.68. The Bertz CT molecular complexity index is 2290. The molecule has 0 bridgehead atoms. The van der Waals surface area contributed by atoms with Crippen LogP contribution in [-0.4, -0.2) is 95.1 Å². The number of rotatable bonds is 19. The number of aliphatic hydroxyl groups is 1. The molecule has 0 saturated carbocycles. The maximum atomic E-state index is 13.3. The third-order valence-electron chi connectivity index (χ3n) is 10.9. The predicted molar refractivity (Wildman–Crippen MR) is 237 cm³/mol. The number of aromatic amines is 1. The van der Waals surface area contributed by atoms with Crippen molar-refractivity contribution >= 4 is 14.4 Å². The van der Waals surface area contributed by atoms with Crippen molar-refractivity contribution in [2.24, 2.45) is 0 Å². The number of carbonyl (C=O) groups excluding carboxylic acids is 1. The van der Waals surface area contributed by atoms with Crippen molar-refractivity contribution in [1.29, 1.82) is 0 Å². The topological polar surface area (TPSA) is 154 Å². The number of aryl methyl sites for hydroxylation is 1. The Morgan fingerprint density at radius 1 is 0.871 bits per heavy atom. The van der Waals surface area contributed by atoms with E-state index in [2.05, 4.69) is 4.98 Å². The minimum absolute atomic E-state index is 0.0862. The minimum Gasteiger partial charge on any atom is -0.497 e. The Morgan fingerprint density at radius 3 is 1.94 bits per heavy atom. The zero-order valence-corrected chi connectivity index (χ0v) is 37.4. The van der Waals surface area contributed by atoms with Crippen molar-refractivity contribution in [3.05, 3.63) is 164 Å². The molecule has 1 aromatic heterocycles. The van der Waals surface area contributed by atoms with Crippen LogP contribution in [0.5, 0.6) is 11.5 Å². The van der Waals surface area contributed by atoms with E-state index < -0.39 is 43.5 Å². The fourth-order valence-electron chi connectivity index (χ4n) is 7.64. The van der Waals surface area contributed by atoms with Gasteiger partial charge in [0.25, 0.3) is 20.0 Å². The number of ether oxygens (including phenoxy) is 4. The number of aromatic nitrogens is 2. The Kier molecular flexibility index (Phi) is 15.2. The monoisotopic (exact) mass is 868 g/mol. The molecule has 2 N–H and O–H groups in total. The van der Waals surface area contributed by atoms with Crippen LogP contribution in [0.2, 0.25) is 0 Å². The van der Waals surface area contributed by atoms with Crippen LogP contribution < -0.4 is 20.7 Å². The predicted octanol–water partition coefficient (Wildman–Crippen LogP) is 7.00. The van der Waals surface area contributed by atoms with Crippen molar-refractivity contribution in [3.8, 4) is 11.5 Å². The van der Waals surface area contributed by atoms with Crippen LogP contribution >= 0.6 is 8.53 Å². The average molecular weight is 869 g/mol. The lowest BCUT2D eigenvalue weighted by atomic mass is 9.80. The number of benzene rings is 4. The molecule has 4 aromatic carbocycles. The summed E-state index contributed by atoms with van der Waals surface area (Å²) in [5.41, 5.74) is 0.608. The molecule has 1 unspecified atom stereocenters. The smallest absolute Gasteiger partial charge is 0.330 e. The summed E-state index contributed by atoms with van der Waals surface area (Å²) in [5.74, 6) is -0.971. The highest BCUT2D eigenvalue weighted by atomic mass is 31.2. The van der Waals surface area contributed by atoms with Crippen LogP contribution in [-0.2, 0) is 24.1 Å². The molecule has 15 heteroatoms. The summed E-state index contributed by atoms with van der Waals surface area (Å²) in [6.07, 6.45) is -1.12. The quantitative estimate of drug-likeness (QED) is 0.0501. The highest BCUT2D eigenvalue weighted by Gasteiger charge is 2.54. The second-order valence-electron chi connectivity index (χ2n) is 15.7. The van der Waals surface area contributed by atoms with Gasteiger partial charge < -0.3 is 33.5 Å². The molecule has 1 amide bonds. The molecule has 1 aliphatic heterocycles. The van der Waals surface area contributed by atoms with Gasteiger partial charge in [-0.25, -0.2) is 9.46 Å². The number of hydrogen-bond acceptors (Lipinski definition) is 11. The molecule has 2 heterocycles. The van der Waals surface area contributed by atoms with E-state index in [1.807, 2.05) is 129 Å². The summed E-state index contributed by atoms with van der Waals surface area (Å²) in [6, 6.07) is 33.6. The van der Waals surface area contributed by atoms with Crippen molar-refractivity contribution in [2.45, 2.75) is 76.8 Å². The van der Waals surface area contributed by atoms with Crippen LogP contribution in [0.1, 0.15) is 73.0 Å². The summed E-state index contributed by atoms with van der Waals surface area (Å²) in [5, 5.41) is 13.0. The number of amides is 1. The molecule has 14 nitrogen and oxygen atoms in total. The van der Waals surface area contributed by atoms with E-state index >= 15 is 0 Å². The second-order valence-corrected chi connectivity index (χ2v) is 17.1. The van der Waals surface area contributed by atoms with Gasteiger partial charge in [0.1, 0.15) is 29.4 Å². The zero-order chi connectivity index (χ0) is 44.6. The lowest BCUT2D eigenvalue weighted by Crippen LogP contribution is -2.47. The number of hydrogen-bond donors (Lipinski definition) is 2. The van der Waals surface area contributed by atoms with E-state index in [0.717, 1.165) is 16.7 Å². The number of H-pyrrole nitrogens is 1. The molecule has 5 aromatic rings. The fourth-order valence-corrected chi connectivity index (χ4v) is 9.37. The van der Waals surface area contributed by atoms with E-state index in [1.54, 1.807) is 45.2 Å². The van der Waals surface area contributed by atoms with Gasteiger partial charge in [-0.05, 0) is 87.7 Å². The minimum atomic E-state index is -2.12. The number of nitrogens with zero attached hydrogens (tertiary/aromatic N) is 3. The first-order valence-electron chi connectivity index (χ1n) is 20.6. The van der Waals surface area contributed by atoms with Gasteiger partial charge in [0.05, 0.1) is 33.9 Å². The number of carbonyl (C=O) groups is 1. The molecule has 330 valence electrons. The molecule has 0 spiro atoms. The largest absolute Gasteiger partial charge is 0.497 e. The number of nitrogens with one attached hydrogen (secondary N) is 1. The molecule has 6 rings (SSSR count). The Balaban J connectivity index is 1.41. The van der Waals surface area contributed by atoms with Crippen molar-refractivity contribution in [3.63, 3.8) is 0 Å². The molecular weight excluding hydrogens is 812 g/mol. The maximum absolute atomic E-state index is 13.3. The van der Waals surface area contributed by atoms with Crippen LogP contribution in [0, 0.1) is 6.92 Å². The van der Waals surface area contributed by atoms with Crippen molar-refractivity contribution in [2.75, 3.05) is 41.0 Å². The average Bonchev–Trinajstić information content (AvgIpc) is 3.60. The molecular formula is C47H57N4O10P. The standard InChI is InChI=1S/C47H57N4O10P/c1-32(2)51(33(3)4)62(59-28-27-49(6)44(53)35-15-11-9-12-16-35)61-46(55)29-42(50-30-34(5)43(52)48-45(50)54)60-41(46)31-58-47(36-17-13-10-14-18-36,37-19-23-39(56-7)24-20-37)38-21-25-40(57-8)26-22-38/h9-26,30,32-33,41-42,55H,27-29,31H2,1-8H3,(H,48,52,54)/t41-,42-,46-,62?/m1/s1. The first kappa shape index (κ1) is 46.3. The lowest BCUT2D eigenvalue weighted by Gasteiger charge is -2.41. The molecule has 1 saturated heterocycles. The zero-order valence-electron chi connectivity index (χ0n) is 36.5. The van der Waals surface area contributed by atoms with Gasteiger partial charge in [-0.2, -0.15) is 0 Å². The van der Waals surface area contributed by atoms with Crippen LogP contribution in [0.25, 0.3) is 0 Å². The van der Waals surface area contributed by atoms with E-state index in [9.17, 15) is 19.5 Å². The summed E-state index contributed by atoms with van der Waals surface area (Å²) in [7, 11) is 2.86. The first-order chi connectivity index (χ1) is 29.7. The molecule has 0 aliphatic carbocycles. The SMILES string of the molecule is COc1ccc(C(OC[C@H]2O[C@@H](n3cc(C)c(=O)[nH]c3=O)C[C@@]2(O)OP(OCCN(C)C(=O)c2ccccc2)N(C(C)C)C(C)C)(c2ccccc2)c2ccc(OC)cc2)cc1. The van der Waals surface area contributed by atoms with E-state index in [-0.39, 0.29) is 49.7 Å². The molecule has 62 heavy (non-hydrogen) atoms. The third kappa shape index (κ3) is 10.2. The summed E-state index contributed by atoms with van der Waals surface area (Å²) >= 11 is 0. The van der Waals surface area contributed by atoms with E-state index in [1.165, 1.54) is 10.8 Å². The molecule has 0 radical (unpaired) electrons. The highest BCUT2D eigenvalue weighted by Crippen LogP contribution is 2.53. The van der Waals surface area contributed by atoms with E-state index in [4.69, 9.17) is 28.0 Å². The van der Waals surface area contributed by atoms with Crippen LogP contribution in [0.3, 0.4) is 0 Å². The molecule has 1 fully saturated rings. The maximum Gasteiger partial charge on any atom is 0.330 e. The summed E-state index contributed by atoms with van der Waals surface area (Å²) < 4.78 is 41.5. The molecule has 4 atom stereocenters. The van der Waals surface area contributed by atoms with Gasteiger partial charge in [-0.1, -0.05) is 72.8 Å². The summed E-state index contributed by atoms with van der Waals surface area (Å²) in [4.78, 5) is 42.9. The molecule has 1 aliphatic rings. The van der Waals surface area contributed by atoms with Crippen LogP contribution in [0.15, 0.2) is 125 Å². The first-order valence-corrected chi connectivity index (χ1v) is 21.7. The number of methoxy groups -OCH3 is 2.